The molecule has 0 atom stereocenters. The van der Waals surface area contributed by atoms with Gasteiger partial charge in [0.2, 0.25) is 0 Å². The van der Waals surface area contributed by atoms with Crippen molar-refractivity contribution in [2.45, 2.75) is 33.6 Å². The summed E-state index contributed by atoms with van der Waals surface area (Å²) >= 11 is 1.62. The summed E-state index contributed by atoms with van der Waals surface area (Å²) in [6.07, 6.45) is 1.42. The Hall–Kier alpha value is -2.99. The van der Waals surface area contributed by atoms with Crippen LogP contribution in [0.2, 0.25) is 0 Å². The second kappa shape index (κ2) is 9.47. The van der Waals surface area contributed by atoms with E-state index < -0.39 is 11.8 Å². The summed E-state index contributed by atoms with van der Waals surface area (Å²) in [5.41, 5.74) is 4.94. The molecular formula is C23H25N3O2S. The Morgan fingerprint density at radius 2 is 1.72 bits per heavy atom. The van der Waals surface area contributed by atoms with Crippen molar-refractivity contribution >= 4 is 28.8 Å². The van der Waals surface area contributed by atoms with Crippen LogP contribution in [0.4, 0.5) is 5.69 Å². The second-order valence-electron chi connectivity index (χ2n) is 6.86. The number of aromatic nitrogens is 1. The third kappa shape index (κ3) is 5.29. The molecule has 2 amide bonds. The van der Waals surface area contributed by atoms with Gasteiger partial charge < -0.3 is 10.6 Å². The van der Waals surface area contributed by atoms with Crippen LogP contribution in [0.1, 0.15) is 28.6 Å². The molecule has 1 heterocycles. The van der Waals surface area contributed by atoms with E-state index >= 15 is 0 Å². The Morgan fingerprint density at radius 1 is 1.00 bits per heavy atom. The summed E-state index contributed by atoms with van der Waals surface area (Å²) in [7, 11) is 0. The highest BCUT2D eigenvalue weighted by Gasteiger charge is 2.15. The van der Waals surface area contributed by atoms with Gasteiger partial charge in [-0.1, -0.05) is 55.0 Å². The Bertz CT molecular complexity index is 1010. The number of nitrogens with zero attached hydrogens (tertiary/aromatic N) is 1. The molecule has 6 heteroatoms. The maximum Gasteiger partial charge on any atom is 0.313 e. The molecule has 0 bridgehead atoms. The van der Waals surface area contributed by atoms with Gasteiger partial charge in [0.1, 0.15) is 5.01 Å². The van der Waals surface area contributed by atoms with Crippen LogP contribution < -0.4 is 10.6 Å². The van der Waals surface area contributed by atoms with Crippen molar-refractivity contribution in [3.05, 3.63) is 70.2 Å². The van der Waals surface area contributed by atoms with E-state index in [1.165, 1.54) is 5.56 Å². The van der Waals surface area contributed by atoms with Crippen LogP contribution in [0.5, 0.6) is 0 Å². The van der Waals surface area contributed by atoms with Gasteiger partial charge in [0, 0.05) is 29.1 Å². The van der Waals surface area contributed by atoms with Gasteiger partial charge in [-0.05, 0) is 31.9 Å². The molecule has 0 saturated carbocycles. The van der Waals surface area contributed by atoms with Crippen LogP contribution in [0.15, 0.2) is 48.5 Å². The topological polar surface area (TPSA) is 71.1 Å². The van der Waals surface area contributed by atoms with Gasteiger partial charge in [0.05, 0.1) is 5.69 Å². The second-order valence-corrected chi connectivity index (χ2v) is 7.95. The molecule has 0 radical (unpaired) electrons. The maximum atomic E-state index is 12.2. The summed E-state index contributed by atoms with van der Waals surface area (Å²) in [5, 5.41) is 6.36. The first-order valence-electron chi connectivity index (χ1n) is 9.68. The van der Waals surface area contributed by atoms with Crippen LogP contribution in [-0.4, -0.2) is 23.3 Å². The molecule has 0 saturated heterocycles. The number of benzene rings is 2. The largest absolute Gasteiger partial charge is 0.347 e. The number of hydrogen-bond acceptors (Lipinski definition) is 4. The number of thiazole rings is 1. The predicted molar refractivity (Wildman–Crippen MR) is 118 cm³/mol. The molecule has 150 valence electrons. The number of carbonyl (C=O) groups excluding carboxylic acids is 2. The molecule has 0 unspecified atom stereocenters. The molecule has 29 heavy (non-hydrogen) atoms. The first kappa shape index (κ1) is 20.7. The zero-order valence-electron chi connectivity index (χ0n) is 16.9. The van der Waals surface area contributed by atoms with Crippen LogP contribution >= 0.6 is 11.3 Å². The number of carbonyl (C=O) groups is 2. The van der Waals surface area contributed by atoms with Gasteiger partial charge in [-0.2, -0.15) is 0 Å². The predicted octanol–water partition coefficient (Wildman–Crippen LogP) is 4.29. The average molecular weight is 408 g/mol. The molecule has 0 aliphatic carbocycles. The molecule has 3 aromatic rings. The Morgan fingerprint density at radius 3 is 2.45 bits per heavy atom. The number of rotatable bonds is 6. The minimum Gasteiger partial charge on any atom is -0.347 e. The molecule has 0 aliphatic rings. The highest BCUT2D eigenvalue weighted by Crippen LogP contribution is 2.28. The summed E-state index contributed by atoms with van der Waals surface area (Å²) < 4.78 is 0. The fourth-order valence-corrected chi connectivity index (χ4v) is 4.05. The van der Waals surface area contributed by atoms with E-state index in [1.54, 1.807) is 17.4 Å². The van der Waals surface area contributed by atoms with Crippen molar-refractivity contribution in [3.63, 3.8) is 0 Å². The van der Waals surface area contributed by atoms with Crippen molar-refractivity contribution in [2.24, 2.45) is 0 Å². The third-order valence-electron chi connectivity index (χ3n) is 4.68. The smallest absolute Gasteiger partial charge is 0.313 e. The Balaban J connectivity index is 1.55. The Labute approximate surface area is 175 Å². The average Bonchev–Trinajstić information content (AvgIpc) is 3.09. The standard InChI is InChI=1S/C23H25N3O2S/c1-4-17-7-5-6-8-19(17)26-22(28)21(27)24-14-13-20-16(3)25-23(29-20)18-11-9-15(2)10-12-18/h5-12H,4,13-14H2,1-3H3,(H,24,27)(H,26,28). The molecular weight excluding hydrogens is 382 g/mol. The number of hydrogen-bond donors (Lipinski definition) is 2. The van der Waals surface area contributed by atoms with Gasteiger partial charge in [-0.3, -0.25) is 9.59 Å². The number of anilines is 1. The summed E-state index contributed by atoms with van der Waals surface area (Å²) in [6.45, 7) is 6.42. The van der Waals surface area contributed by atoms with E-state index in [-0.39, 0.29) is 0 Å². The first-order chi connectivity index (χ1) is 14.0. The van der Waals surface area contributed by atoms with E-state index in [0.29, 0.717) is 18.7 Å². The van der Waals surface area contributed by atoms with Crippen molar-refractivity contribution in [3.8, 4) is 10.6 Å². The zero-order valence-corrected chi connectivity index (χ0v) is 17.7. The van der Waals surface area contributed by atoms with E-state index in [4.69, 9.17) is 0 Å². The Kier molecular flexibility index (Phi) is 6.77. The molecule has 0 spiro atoms. The third-order valence-corrected chi connectivity index (χ3v) is 5.95. The lowest BCUT2D eigenvalue weighted by atomic mass is 10.1. The van der Waals surface area contributed by atoms with E-state index in [1.807, 2.05) is 32.0 Å². The van der Waals surface area contributed by atoms with E-state index in [0.717, 1.165) is 33.1 Å². The molecule has 2 N–H and O–H groups in total. The fraction of sp³-hybridized carbons (Fsp3) is 0.261. The molecule has 5 nitrogen and oxygen atoms in total. The minimum absolute atomic E-state index is 0.387. The molecule has 1 aromatic heterocycles. The van der Waals surface area contributed by atoms with Gasteiger partial charge in [-0.15, -0.1) is 11.3 Å². The summed E-state index contributed by atoms with van der Waals surface area (Å²) in [5.74, 6) is -1.27. The van der Waals surface area contributed by atoms with Crippen molar-refractivity contribution < 1.29 is 9.59 Å². The number of nitrogens with one attached hydrogen (secondary N) is 2. The van der Waals surface area contributed by atoms with Crippen molar-refractivity contribution in [2.75, 3.05) is 11.9 Å². The number of aryl methyl sites for hydroxylation is 3. The molecule has 2 aromatic carbocycles. The monoisotopic (exact) mass is 407 g/mol. The molecule has 0 fully saturated rings. The summed E-state index contributed by atoms with van der Waals surface area (Å²) in [6, 6.07) is 15.8. The number of para-hydroxylation sites is 1. The lowest BCUT2D eigenvalue weighted by Gasteiger charge is -2.09. The van der Waals surface area contributed by atoms with E-state index in [2.05, 4.69) is 46.8 Å². The molecule has 0 aliphatic heterocycles. The first-order valence-corrected chi connectivity index (χ1v) is 10.5. The lowest BCUT2D eigenvalue weighted by Crippen LogP contribution is -2.36. The number of amides is 2. The van der Waals surface area contributed by atoms with Crippen LogP contribution in [0, 0.1) is 13.8 Å². The molecule has 3 rings (SSSR count). The highest BCUT2D eigenvalue weighted by molar-refractivity contribution is 7.15. The van der Waals surface area contributed by atoms with Crippen molar-refractivity contribution in [1.29, 1.82) is 0 Å². The summed E-state index contributed by atoms with van der Waals surface area (Å²) in [4.78, 5) is 30.1. The van der Waals surface area contributed by atoms with Gasteiger partial charge in [-0.25, -0.2) is 4.98 Å². The van der Waals surface area contributed by atoms with E-state index in [9.17, 15) is 9.59 Å². The zero-order chi connectivity index (χ0) is 20.8. The minimum atomic E-state index is -0.646. The maximum absolute atomic E-state index is 12.2. The van der Waals surface area contributed by atoms with Gasteiger partial charge in [0.25, 0.3) is 0 Å². The van der Waals surface area contributed by atoms with Crippen LogP contribution in [0.25, 0.3) is 10.6 Å². The van der Waals surface area contributed by atoms with Crippen LogP contribution in [-0.2, 0) is 22.4 Å². The normalized spacial score (nSPS) is 10.6. The van der Waals surface area contributed by atoms with Crippen molar-refractivity contribution in [1.82, 2.24) is 10.3 Å². The van der Waals surface area contributed by atoms with Crippen LogP contribution in [0.3, 0.4) is 0 Å². The lowest BCUT2D eigenvalue weighted by molar-refractivity contribution is -0.136. The highest BCUT2D eigenvalue weighted by atomic mass is 32.1. The van der Waals surface area contributed by atoms with Gasteiger partial charge >= 0.3 is 11.8 Å². The quantitative estimate of drug-likeness (QED) is 0.599. The SMILES string of the molecule is CCc1ccccc1NC(=O)C(=O)NCCc1sc(-c2ccc(C)cc2)nc1C. The fourth-order valence-electron chi connectivity index (χ4n) is 2.98. The van der Waals surface area contributed by atoms with Gasteiger partial charge in [0.15, 0.2) is 0 Å².